The maximum Gasteiger partial charge on any atom is 0.269 e. The normalized spacial score (nSPS) is 11.1. The molecule has 1 atom stereocenters. The van der Waals surface area contributed by atoms with Crippen molar-refractivity contribution in [3.05, 3.63) is 70.3 Å². The molecule has 0 bridgehead atoms. The fourth-order valence-electron chi connectivity index (χ4n) is 2.49. The van der Waals surface area contributed by atoms with E-state index < -0.39 is 22.8 Å². The second-order valence-corrected chi connectivity index (χ2v) is 5.35. The third kappa shape index (κ3) is 5.01. The maximum absolute atomic E-state index is 12.3. The number of primary amides is 1. The van der Waals surface area contributed by atoms with Gasteiger partial charge in [0.1, 0.15) is 6.04 Å². The first-order chi connectivity index (χ1) is 11.9. The Bertz CT molecular complexity index is 768. The van der Waals surface area contributed by atoms with Gasteiger partial charge in [-0.2, -0.15) is 0 Å². The van der Waals surface area contributed by atoms with E-state index in [1.165, 1.54) is 29.2 Å². The highest BCUT2D eigenvalue weighted by molar-refractivity contribution is 6.01. The molecule has 0 aliphatic heterocycles. The summed E-state index contributed by atoms with van der Waals surface area (Å²) in [4.78, 5) is 35.8. The molecule has 0 unspecified atom stereocenters. The van der Waals surface area contributed by atoms with Crippen LogP contribution in [0.5, 0.6) is 0 Å². The lowest BCUT2D eigenvalue weighted by Crippen LogP contribution is -2.51. The summed E-state index contributed by atoms with van der Waals surface area (Å²) in [5.41, 5.74) is 12.0. The number of rotatable bonds is 7. The van der Waals surface area contributed by atoms with Crippen molar-refractivity contribution in [2.45, 2.75) is 12.5 Å². The van der Waals surface area contributed by atoms with Crippen molar-refractivity contribution in [3.8, 4) is 0 Å². The highest BCUT2D eigenvalue weighted by Crippen LogP contribution is 2.23. The van der Waals surface area contributed by atoms with E-state index in [1.54, 1.807) is 0 Å². The van der Waals surface area contributed by atoms with Crippen molar-refractivity contribution in [1.29, 1.82) is 0 Å². The number of nitrogens with two attached hydrogens (primary N) is 2. The fourth-order valence-corrected chi connectivity index (χ4v) is 2.49. The van der Waals surface area contributed by atoms with Crippen LogP contribution in [0, 0.1) is 10.1 Å². The van der Waals surface area contributed by atoms with Gasteiger partial charge in [0.2, 0.25) is 11.8 Å². The first kappa shape index (κ1) is 21.1. The molecule has 0 aliphatic rings. The summed E-state index contributed by atoms with van der Waals surface area (Å²) in [6.07, 6.45) is 0.207. The number of nitro benzene ring substituents is 1. The van der Waals surface area contributed by atoms with Gasteiger partial charge >= 0.3 is 0 Å². The molecule has 2 aromatic carbocycles. The van der Waals surface area contributed by atoms with Gasteiger partial charge in [-0.3, -0.25) is 24.6 Å². The minimum absolute atomic E-state index is 0. The highest BCUT2D eigenvalue weighted by Gasteiger charge is 2.29. The number of hydrogen-bond donors (Lipinski definition) is 2. The van der Waals surface area contributed by atoms with E-state index in [2.05, 4.69) is 0 Å². The summed E-state index contributed by atoms with van der Waals surface area (Å²) in [6, 6.07) is 13.4. The average molecular weight is 379 g/mol. The SMILES string of the molecule is Cl.NCC(=O)N(c1ccc([N+](=O)[O-])cc1)[C@@H](Cc1ccccc1)C(N)=O. The lowest BCUT2D eigenvalue weighted by atomic mass is 10.0. The number of carbonyl (C=O) groups is 2. The van der Waals surface area contributed by atoms with Gasteiger partial charge < -0.3 is 11.5 Å². The molecule has 0 radical (unpaired) electrons. The minimum atomic E-state index is -0.958. The molecule has 0 saturated heterocycles. The van der Waals surface area contributed by atoms with Crippen LogP contribution in [0.1, 0.15) is 5.56 Å². The number of nitro groups is 1. The zero-order valence-electron chi connectivity index (χ0n) is 13.8. The highest BCUT2D eigenvalue weighted by atomic mass is 35.5. The number of benzene rings is 2. The van der Waals surface area contributed by atoms with Crippen LogP contribution in [0.2, 0.25) is 0 Å². The molecule has 2 amide bonds. The van der Waals surface area contributed by atoms with Gasteiger partial charge in [0, 0.05) is 24.2 Å². The predicted octanol–water partition coefficient (Wildman–Crippen LogP) is 1.40. The van der Waals surface area contributed by atoms with E-state index in [0.717, 1.165) is 5.56 Å². The Morgan fingerprint density at radius 1 is 1.08 bits per heavy atom. The molecule has 0 spiro atoms. The standard InChI is InChI=1S/C17H18N4O4.ClH/c18-11-16(22)20(13-6-8-14(9-7-13)21(24)25)15(17(19)23)10-12-4-2-1-3-5-12;/h1-9,15H,10-11,18H2,(H2,19,23);1H/t15-;/m0./s1. The van der Waals surface area contributed by atoms with Gasteiger partial charge in [0.25, 0.3) is 5.69 Å². The zero-order valence-corrected chi connectivity index (χ0v) is 14.6. The third-order valence-electron chi connectivity index (χ3n) is 3.69. The quantitative estimate of drug-likeness (QED) is 0.555. The van der Waals surface area contributed by atoms with E-state index in [4.69, 9.17) is 11.5 Å². The third-order valence-corrected chi connectivity index (χ3v) is 3.69. The number of anilines is 1. The molecule has 2 aromatic rings. The molecule has 26 heavy (non-hydrogen) atoms. The van der Waals surface area contributed by atoms with Crippen molar-refractivity contribution in [2.75, 3.05) is 11.4 Å². The monoisotopic (exact) mass is 378 g/mol. The van der Waals surface area contributed by atoms with Crippen LogP contribution >= 0.6 is 12.4 Å². The first-order valence-corrected chi connectivity index (χ1v) is 7.54. The summed E-state index contributed by atoms with van der Waals surface area (Å²) < 4.78 is 0. The van der Waals surface area contributed by atoms with Crippen LogP contribution in [0.4, 0.5) is 11.4 Å². The Hall–Kier alpha value is -2.97. The number of carbonyl (C=O) groups excluding carboxylic acids is 2. The van der Waals surface area contributed by atoms with E-state index in [9.17, 15) is 19.7 Å². The molecule has 4 N–H and O–H groups in total. The van der Waals surface area contributed by atoms with E-state index in [1.807, 2.05) is 30.3 Å². The van der Waals surface area contributed by atoms with Gasteiger partial charge in [0.05, 0.1) is 11.5 Å². The smallest absolute Gasteiger partial charge is 0.269 e. The Balaban J connectivity index is 0.00000338. The van der Waals surface area contributed by atoms with Gasteiger partial charge in [-0.1, -0.05) is 30.3 Å². The van der Waals surface area contributed by atoms with Gasteiger partial charge in [0.15, 0.2) is 0 Å². The summed E-state index contributed by atoms with van der Waals surface area (Å²) >= 11 is 0. The molecular weight excluding hydrogens is 360 g/mol. The molecule has 0 fully saturated rings. The van der Waals surface area contributed by atoms with Crippen molar-refractivity contribution in [1.82, 2.24) is 0 Å². The lowest BCUT2D eigenvalue weighted by Gasteiger charge is -2.29. The fraction of sp³-hybridized carbons (Fsp3) is 0.176. The Labute approximate surface area is 156 Å². The van der Waals surface area contributed by atoms with Crippen LogP contribution in [0.3, 0.4) is 0 Å². The molecule has 0 aromatic heterocycles. The molecule has 0 aliphatic carbocycles. The molecule has 2 rings (SSSR count). The Kier molecular flexibility index (Phi) is 7.70. The summed E-state index contributed by atoms with van der Waals surface area (Å²) in [5, 5.41) is 10.8. The summed E-state index contributed by atoms with van der Waals surface area (Å²) in [7, 11) is 0. The number of non-ortho nitro benzene ring substituents is 1. The van der Waals surface area contributed by atoms with E-state index >= 15 is 0 Å². The lowest BCUT2D eigenvalue weighted by molar-refractivity contribution is -0.384. The second-order valence-electron chi connectivity index (χ2n) is 5.35. The molecule has 0 saturated carbocycles. The zero-order chi connectivity index (χ0) is 18.4. The minimum Gasteiger partial charge on any atom is -0.368 e. The molecular formula is C17H19ClN4O4. The Morgan fingerprint density at radius 2 is 1.65 bits per heavy atom. The van der Waals surface area contributed by atoms with Gasteiger partial charge in [-0.15, -0.1) is 12.4 Å². The van der Waals surface area contributed by atoms with Crippen LogP contribution in [0.15, 0.2) is 54.6 Å². The van der Waals surface area contributed by atoms with Crippen LogP contribution < -0.4 is 16.4 Å². The molecule has 9 heteroatoms. The predicted molar refractivity (Wildman–Crippen MR) is 100 cm³/mol. The average Bonchev–Trinajstić information content (AvgIpc) is 2.62. The van der Waals surface area contributed by atoms with Crippen molar-refractivity contribution in [2.24, 2.45) is 11.5 Å². The second kappa shape index (κ2) is 9.50. The topological polar surface area (TPSA) is 133 Å². The summed E-state index contributed by atoms with van der Waals surface area (Å²) in [6.45, 7) is -0.324. The largest absolute Gasteiger partial charge is 0.368 e. The van der Waals surface area contributed by atoms with E-state index in [0.29, 0.717) is 5.69 Å². The van der Waals surface area contributed by atoms with Crippen molar-refractivity contribution >= 4 is 35.6 Å². The number of nitrogens with zero attached hydrogens (tertiary/aromatic N) is 2. The number of amides is 2. The number of halogens is 1. The van der Waals surface area contributed by atoms with Gasteiger partial charge in [-0.05, 0) is 17.7 Å². The van der Waals surface area contributed by atoms with Gasteiger partial charge in [-0.25, -0.2) is 0 Å². The van der Waals surface area contributed by atoms with Crippen molar-refractivity contribution < 1.29 is 14.5 Å². The Morgan fingerprint density at radius 3 is 2.12 bits per heavy atom. The first-order valence-electron chi connectivity index (χ1n) is 7.54. The maximum atomic E-state index is 12.3. The molecule has 0 heterocycles. The van der Waals surface area contributed by atoms with E-state index in [-0.39, 0.29) is 31.1 Å². The van der Waals surface area contributed by atoms with Crippen molar-refractivity contribution in [3.63, 3.8) is 0 Å². The van der Waals surface area contributed by atoms with Crippen LogP contribution in [-0.4, -0.2) is 29.3 Å². The van der Waals surface area contributed by atoms with Crippen LogP contribution in [-0.2, 0) is 16.0 Å². The molecule has 138 valence electrons. The molecule has 8 nitrogen and oxygen atoms in total. The number of hydrogen-bond acceptors (Lipinski definition) is 5. The summed E-state index contributed by atoms with van der Waals surface area (Å²) in [5.74, 6) is -1.20. The van der Waals surface area contributed by atoms with Crippen LogP contribution in [0.25, 0.3) is 0 Å².